The summed E-state index contributed by atoms with van der Waals surface area (Å²) >= 11 is 0. The Kier molecular flexibility index (Phi) is 3.31. The van der Waals surface area contributed by atoms with Gasteiger partial charge in [-0.2, -0.15) is 0 Å². The normalized spacial score (nSPS) is 11.3. The van der Waals surface area contributed by atoms with Gasteiger partial charge in [-0.15, -0.1) is 0 Å². The molecule has 1 aromatic carbocycles. The highest BCUT2D eigenvalue weighted by atomic mass is 19.1. The molecule has 0 fully saturated rings. The highest BCUT2D eigenvalue weighted by molar-refractivity contribution is 5.78. The van der Waals surface area contributed by atoms with Gasteiger partial charge in [0.1, 0.15) is 11.6 Å². The van der Waals surface area contributed by atoms with Crippen LogP contribution in [0.4, 0.5) is 4.39 Å². The number of nitrogens with one attached hydrogen (secondary N) is 1. The minimum Gasteiger partial charge on any atom is -0.306 e. The van der Waals surface area contributed by atoms with E-state index in [1.54, 1.807) is 49.7 Å². The van der Waals surface area contributed by atoms with Gasteiger partial charge in [-0.05, 0) is 42.3 Å². The molecule has 2 heterocycles. The van der Waals surface area contributed by atoms with E-state index >= 15 is 0 Å². The number of pyridine rings is 1. The van der Waals surface area contributed by atoms with Gasteiger partial charge in [-0.3, -0.25) is 9.78 Å². The Morgan fingerprint density at radius 1 is 1.24 bits per heavy atom. The monoisotopic (exact) mass is 281 g/mol. The van der Waals surface area contributed by atoms with E-state index in [2.05, 4.69) is 15.0 Å². The number of rotatable bonds is 2. The van der Waals surface area contributed by atoms with E-state index in [0.717, 1.165) is 5.56 Å². The van der Waals surface area contributed by atoms with E-state index in [0.29, 0.717) is 22.3 Å². The highest BCUT2D eigenvalue weighted by Crippen LogP contribution is 2.12. The number of hydrogen-bond donors (Lipinski definition) is 1. The third kappa shape index (κ3) is 2.72. The molecule has 0 radical (unpaired) electrons. The van der Waals surface area contributed by atoms with Crippen LogP contribution < -0.4 is 5.56 Å². The maximum absolute atomic E-state index is 13.2. The van der Waals surface area contributed by atoms with Crippen molar-refractivity contribution >= 4 is 23.1 Å². The molecule has 3 rings (SSSR count). The van der Waals surface area contributed by atoms with Gasteiger partial charge in [0, 0.05) is 6.20 Å². The summed E-state index contributed by atoms with van der Waals surface area (Å²) in [6.45, 7) is 1.70. The van der Waals surface area contributed by atoms with Crippen molar-refractivity contribution < 1.29 is 4.39 Å². The molecule has 0 unspecified atom stereocenters. The van der Waals surface area contributed by atoms with Crippen molar-refractivity contribution in [3.63, 3.8) is 0 Å². The molecule has 5 heteroatoms. The van der Waals surface area contributed by atoms with Gasteiger partial charge < -0.3 is 4.98 Å². The van der Waals surface area contributed by atoms with Crippen LogP contribution in [0.15, 0.2) is 41.5 Å². The summed E-state index contributed by atoms with van der Waals surface area (Å²) in [5.74, 6) is 0.193. The lowest BCUT2D eigenvalue weighted by Gasteiger charge is -1.99. The molecule has 0 atom stereocenters. The summed E-state index contributed by atoms with van der Waals surface area (Å²) in [4.78, 5) is 22.9. The van der Waals surface area contributed by atoms with E-state index < -0.39 is 0 Å². The van der Waals surface area contributed by atoms with Crippen molar-refractivity contribution in [2.45, 2.75) is 6.92 Å². The van der Waals surface area contributed by atoms with Gasteiger partial charge in [0.05, 0.1) is 17.1 Å². The lowest BCUT2D eigenvalue weighted by Crippen LogP contribution is -2.09. The van der Waals surface area contributed by atoms with Crippen LogP contribution in [-0.2, 0) is 0 Å². The zero-order chi connectivity index (χ0) is 14.8. The first kappa shape index (κ1) is 13.2. The van der Waals surface area contributed by atoms with Gasteiger partial charge >= 0.3 is 0 Å². The van der Waals surface area contributed by atoms with Crippen LogP contribution in [0.2, 0.25) is 0 Å². The molecule has 0 amide bonds. The Morgan fingerprint density at radius 3 is 2.90 bits per heavy atom. The van der Waals surface area contributed by atoms with Crippen LogP contribution in [0.3, 0.4) is 0 Å². The summed E-state index contributed by atoms with van der Waals surface area (Å²) in [7, 11) is 0. The predicted octanol–water partition coefficient (Wildman–Crippen LogP) is 2.94. The molecule has 0 saturated carbocycles. The molecule has 0 aliphatic rings. The molecular formula is C16H12FN3O. The van der Waals surface area contributed by atoms with E-state index in [4.69, 9.17) is 0 Å². The molecule has 0 bridgehead atoms. The zero-order valence-corrected chi connectivity index (χ0v) is 11.3. The molecule has 0 saturated heterocycles. The molecule has 1 N–H and O–H groups in total. The van der Waals surface area contributed by atoms with Gasteiger partial charge in [-0.1, -0.05) is 12.1 Å². The Labute approximate surface area is 120 Å². The topological polar surface area (TPSA) is 58.6 Å². The number of hydrogen-bond acceptors (Lipinski definition) is 3. The molecule has 4 nitrogen and oxygen atoms in total. The lowest BCUT2D eigenvalue weighted by atomic mass is 10.1. The fraction of sp³-hybridized carbons (Fsp3) is 0.0625. The van der Waals surface area contributed by atoms with Crippen molar-refractivity contribution in [3.05, 3.63) is 69.8 Å². The van der Waals surface area contributed by atoms with Crippen LogP contribution in [0.5, 0.6) is 0 Å². The second-order valence-electron chi connectivity index (χ2n) is 4.69. The number of aryl methyl sites for hydroxylation is 1. The third-order valence-corrected chi connectivity index (χ3v) is 3.14. The van der Waals surface area contributed by atoms with Crippen molar-refractivity contribution in [2.24, 2.45) is 0 Å². The molecular weight excluding hydrogens is 269 g/mol. The number of benzene rings is 1. The molecule has 3 aromatic rings. The standard InChI is InChI=1S/C16H12FN3O/c1-10-8-11(2-4-13(10)17)3-5-15-19-14-9-18-7-6-12(14)16(21)20-15/h2-9H,1H3,(H,19,20,21). The fourth-order valence-corrected chi connectivity index (χ4v) is 2.03. The molecule has 0 aliphatic carbocycles. The first-order valence-electron chi connectivity index (χ1n) is 6.42. The number of halogens is 1. The Hall–Kier alpha value is -2.82. The molecule has 2 aromatic heterocycles. The highest BCUT2D eigenvalue weighted by Gasteiger charge is 2.01. The van der Waals surface area contributed by atoms with Crippen molar-refractivity contribution in [2.75, 3.05) is 0 Å². The van der Waals surface area contributed by atoms with Crippen LogP contribution >= 0.6 is 0 Å². The SMILES string of the molecule is Cc1cc(C=Cc2nc3cnccc3c(=O)[nH]2)ccc1F. The quantitative estimate of drug-likeness (QED) is 0.785. The number of nitrogens with zero attached hydrogens (tertiary/aromatic N) is 2. The maximum Gasteiger partial charge on any atom is 0.259 e. The van der Waals surface area contributed by atoms with E-state index in [-0.39, 0.29) is 11.4 Å². The molecule has 104 valence electrons. The van der Waals surface area contributed by atoms with E-state index in [1.807, 2.05) is 0 Å². The smallest absolute Gasteiger partial charge is 0.259 e. The van der Waals surface area contributed by atoms with E-state index in [1.165, 1.54) is 6.07 Å². The zero-order valence-electron chi connectivity index (χ0n) is 11.3. The summed E-state index contributed by atoms with van der Waals surface area (Å²) in [6.07, 6.45) is 6.55. The summed E-state index contributed by atoms with van der Waals surface area (Å²) < 4.78 is 13.2. The van der Waals surface area contributed by atoms with Crippen LogP contribution in [0, 0.1) is 12.7 Å². The number of fused-ring (bicyclic) bond motifs is 1. The maximum atomic E-state index is 13.2. The van der Waals surface area contributed by atoms with Crippen molar-refractivity contribution in [1.82, 2.24) is 15.0 Å². The van der Waals surface area contributed by atoms with Crippen molar-refractivity contribution in [3.8, 4) is 0 Å². The number of H-pyrrole nitrogens is 1. The summed E-state index contributed by atoms with van der Waals surface area (Å²) in [5.41, 5.74) is 1.73. The third-order valence-electron chi connectivity index (χ3n) is 3.14. The summed E-state index contributed by atoms with van der Waals surface area (Å²) in [6, 6.07) is 6.43. The average Bonchev–Trinajstić information content (AvgIpc) is 2.49. The largest absolute Gasteiger partial charge is 0.306 e. The van der Waals surface area contributed by atoms with Crippen molar-refractivity contribution in [1.29, 1.82) is 0 Å². The number of aromatic amines is 1. The Morgan fingerprint density at radius 2 is 2.10 bits per heavy atom. The molecule has 21 heavy (non-hydrogen) atoms. The van der Waals surface area contributed by atoms with Crippen LogP contribution in [-0.4, -0.2) is 15.0 Å². The van der Waals surface area contributed by atoms with Gasteiger partial charge in [0.25, 0.3) is 5.56 Å². The first-order valence-corrected chi connectivity index (χ1v) is 6.42. The number of aromatic nitrogens is 3. The predicted molar refractivity (Wildman–Crippen MR) is 80.2 cm³/mol. The fourth-order valence-electron chi connectivity index (χ4n) is 2.03. The second-order valence-corrected chi connectivity index (χ2v) is 4.69. The van der Waals surface area contributed by atoms with E-state index in [9.17, 15) is 9.18 Å². The minimum absolute atomic E-state index is 0.211. The first-order chi connectivity index (χ1) is 10.1. The lowest BCUT2D eigenvalue weighted by molar-refractivity contribution is 0.618. The van der Waals surface area contributed by atoms with Crippen LogP contribution in [0.25, 0.3) is 23.1 Å². The average molecular weight is 281 g/mol. The van der Waals surface area contributed by atoms with Gasteiger partial charge in [-0.25, -0.2) is 9.37 Å². The Bertz CT molecular complexity index is 899. The second kappa shape index (κ2) is 5.28. The van der Waals surface area contributed by atoms with Crippen LogP contribution in [0.1, 0.15) is 17.0 Å². The molecule has 0 spiro atoms. The summed E-state index contributed by atoms with van der Waals surface area (Å²) in [5, 5.41) is 0.500. The van der Waals surface area contributed by atoms with Gasteiger partial charge in [0.15, 0.2) is 0 Å². The van der Waals surface area contributed by atoms with Gasteiger partial charge in [0.2, 0.25) is 0 Å². The molecule has 0 aliphatic heterocycles. The minimum atomic E-state index is -0.240. The Balaban J connectivity index is 1.99.